The fraction of sp³-hybridized carbons (Fsp3) is 0.526. The molecule has 2 bridgehead atoms. The summed E-state index contributed by atoms with van der Waals surface area (Å²) in [5.74, 6) is 4.49. The normalized spacial score (nSPS) is 29.0. The second kappa shape index (κ2) is 7.31. The first-order valence-corrected chi connectivity index (χ1v) is 8.26. The lowest BCUT2D eigenvalue weighted by Gasteiger charge is -2.42. The Kier molecular flexibility index (Phi) is 5.15. The number of nitrogens with zero attached hydrogens (tertiary/aromatic N) is 1. The Balaban J connectivity index is 1.89. The van der Waals surface area contributed by atoms with E-state index in [9.17, 15) is 13.6 Å². The smallest absolute Gasteiger partial charge is 0.310 e. The summed E-state index contributed by atoms with van der Waals surface area (Å²) in [4.78, 5) is 14.7. The molecule has 0 N–H and O–H groups in total. The molecule has 3 rings (SSSR count). The van der Waals surface area contributed by atoms with Crippen molar-refractivity contribution in [3.8, 4) is 11.8 Å². The molecule has 0 aliphatic carbocycles. The highest BCUT2D eigenvalue weighted by Gasteiger charge is 2.50. The van der Waals surface area contributed by atoms with E-state index in [1.54, 1.807) is 12.1 Å². The van der Waals surface area contributed by atoms with Gasteiger partial charge in [0.25, 0.3) is 0 Å². The maximum atomic E-state index is 13.2. The number of benzene rings is 1. The van der Waals surface area contributed by atoms with Gasteiger partial charge in [-0.25, -0.2) is 8.78 Å². The number of carbonyl (C=O) groups is 1. The summed E-state index contributed by atoms with van der Waals surface area (Å²) in [6.45, 7) is -0.176. The molecule has 0 radical (unpaired) electrons. The summed E-state index contributed by atoms with van der Waals surface area (Å²) in [5.41, 5.74) is 0.971. The molecule has 3 nitrogen and oxygen atoms in total. The van der Waals surface area contributed by atoms with Crippen LogP contribution in [0.25, 0.3) is 0 Å². The van der Waals surface area contributed by atoms with Crippen molar-refractivity contribution in [2.45, 2.75) is 37.3 Å². The van der Waals surface area contributed by atoms with E-state index in [0.717, 1.165) is 24.8 Å². The number of halogens is 2. The first kappa shape index (κ1) is 16.9. The SMILES string of the molecule is COC(=O)[C@H]1[C@@H](c2ccc(F)cc2)C[C@@H]2CC[C@H]1N2CC#CCF. The van der Waals surface area contributed by atoms with Gasteiger partial charge in [0.2, 0.25) is 0 Å². The molecule has 2 saturated heterocycles. The Labute approximate surface area is 141 Å². The molecule has 0 aromatic heterocycles. The highest BCUT2D eigenvalue weighted by Crippen LogP contribution is 2.47. The van der Waals surface area contributed by atoms with Gasteiger partial charge in [-0.1, -0.05) is 24.0 Å². The van der Waals surface area contributed by atoms with Crippen molar-refractivity contribution in [3.05, 3.63) is 35.6 Å². The van der Waals surface area contributed by atoms with Gasteiger partial charge in [0.15, 0.2) is 0 Å². The second-order valence-corrected chi connectivity index (χ2v) is 6.40. The molecule has 0 unspecified atom stereocenters. The van der Waals surface area contributed by atoms with Crippen LogP contribution >= 0.6 is 0 Å². The van der Waals surface area contributed by atoms with Crippen molar-refractivity contribution in [1.29, 1.82) is 0 Å². The molecule has 2 aliphatic rings. The van der Waals surface area contributed by atoms with Crippen LogP contribution in [-0.4, -0.2) is 43.3 Å². The van der Waals surface area contributed by atoms with Crippen molar-refractivity contribution in [3.63, 3.8) is 0 Å². The third-order valence-corrected chi connectivity index (χ3v) is 5.29. The van der Waals surface area contributed by atoms with Gasteiger partial charge in [-0.2, -0.15) is 0 Å². The maximum Gasteiger partial charge on any atom is 0.310 e. The van der Waals surface area contributed by atoms with Gasteiger partial charge < -0.3 is 4.74 Å². The molecule has 128 valence electrons. The second-order valence-electron chi connectivity index (χ2n) is 6.40. The largest absolute Gasteiger partial charge is 0.469 e. The van der Waals surface area contributed by atoms with Crippen molar-refractivity contribution < 1.29 is 18.3 Å². The average Bonchev–Trinajstić information content (AvgIpc) is 2.87. The summed E-state index contributed by atoms with van der Waals surface area (Å²) in [6, 6.07) is 6.75. The number of hydrogen-bond donors (Lipinski definition) is 0. The molecule has 0 spiro atoms. The van der Waals surface area contributed by atoms with Crippen LogP contribution in [0.5, 0.6) is 0 Å². The quantitative estimate of drug-likeness (QED) is 0.629. The third-order valence-electron chi connectivity index (χ3n) is 5.29. The first-order chi connectivity index (χ1) is 11.7. The number of alkyl halides is 1. The van der Waals surface area contributed by atoms with Gasteiger partial charge in [-0.15, -0.1) is 0 Å². The van der Waals surface area contributed by atoms with Crippen LogP contribution in [0.15, 0.2) is 24.3 Å². The van der Waals surface area contributed by atoms with Crippen LogP contribution in [0.1, 0.15) is 30.7 Å². The summed E-state index contributed by atoms with van der Waals surface area (Å²) in [5, 5.41) is 0. The van der Waals surface area contributed by atoms with E-state index < -0.39 is 6.67 Å². The van der Waals surface area contributed by atoms with E-state index >= 15 is 0 Å². The molecule has 2 fully saturated rings. The Morgan fingerprint density at radius 1 is 1.29 bits per heavy atom. The van der Waals surface area contributed by atoms with E-state index in [4.69, 9.17) is 4.74 Å². The number of esters is 1. The molecule has 1 aromatic carbocycles. The minimum absolute atomic E-state index is 0.0148. The average molecular weight is 333 g/mol. The zero-order valence-corrected chi connectivity index (χ0v) is 13.7. The molecular weight excluding hydrogens is 312 g/mol. The van der Waals surface area contributed by atoms with Gasteiger partial charge in [0.05, 0.1) is 19.6 Å². The summed E-state index contributed by atoms with van der Waals surface area (Å²) < 4.78 is 30.5. The zero-order chi connectivity index (χ0) is 17.1. The number of rotatable bonds is 3. The predicted molar refractivity (Wildman–Crippen MR) is 86.5 cm³/mol. The standard InChI is InChI=1S/C19H21F2NO2/c1-24-19(23)18-16(13-4-6-14(21)7-5-13)12-15-8-9-17(18)22(15)11-3-2-10-20/h4-7,15-18H,8-12H2,1H3/t15-,16+,17+,18-/m0/s1. The van der Waals surface area contributed by atoms with E-state index in [1.807, 2.05) is 0 Å². The number of hydrogen-bond acceptors (Lipinski definition) is 3. The Morgan fingerprint density at radius 2 is 2.04 bits per heavy atom. The summed E-state index contributed by atoms with van der Waals surface area (Å²) in [6.07, 6.45) is 2.70. The maximum absolute atomic E-state index is 13.2. The number of piperidine rings is 1. The Bertz CT molecular complexity index is 650. The van der Waals surface area contributed by atoms with E-state index in [-0.39, 0.29) is 29.7 Å². The first-order valence-electron chi connectivity index (χ1n) is 8.26. The van der Waals surface area contributed by atoms with Gasteiger partial charge in [0, 0.05) is 18.0 Å². The number of carbonyl (C=O) groups excluding carboxylic acids is 1. The highest BCUT2D eigenvalue weighted by atomic mass is 19.1. The molecule has 2 aliphatic heterocycles. The van der Waals surface area contributed by atoms with Crippen LogP contribution in [0.4, 0.5) is 8.78 Å². The predicted octanol–water partition coefficient (Wildman–Crippen LogP) is 2.91. The number of ether oxygens (including phenoxy) is 1. The van der Waals surface area contributed by atoms with Gasteiger partial charge in [-0.05, 0) is 37.0 Å². The third kappa shape index (κ3) is 3.16. The Morgan fingerprint density at radius 3 is 2.71 bits per heavy atom. The number of methoxy groups -OCH3 is 1. The molecule has 24 heavy (non-hydrogen) atoms. The van der Waals surface area contributed by atoms with E-state index in [1.165, 1.54) is 19.2 Å². The zero-order valence-electron chi connectivity index (χ0n) is 13.7. The molecule has 2 heterocycles. The van der Waals surface area contributed by atoms with Crippen LogP contribution in [-0.2, 0) is 9.53 Å². The van der Waals surface area contributed by atoms with Crippen molar-refractivity contribution >= 4 is 5.97 Å². The van der Waals surface area contributed by atoms with E-state index in [0.29, 0.717) is 12.6 Å². The van der Waals surface area contributed by atoms with Crippen LogP contribution in [0, 0.1) is 23.6 Å². The van der Waals surface area contributed by atoms with Crippen LogP contribution in [0.3, 0.4) is 0 Å². The summed E-state index contributed by atoms with van der Waals surface area (Å²) in [7, 11) is 1.40. The monoisotopic (exact) mass is 333 g/mol. The van der Waals surface area contributed by atoms with Crippen LogP contribution in [0.2, 0.25) is 0 Å². The van der Waals surface area contributed by atoms with Gasteiger partial charge in [0.1, 0.15) is 12.5 Å². The van der Waals surface area contributed by atoms with E-state index in [2.05, 4.69) is 16.7 Å². The van der Waals surface area contributed by atoms with Crippen molar-refractivity contribution in [2.24, 2.45) is 5.92 Å². The molecular formula is C19H21F2NO2. The minimum atomic E-state index is -0.651. The van der Waals surface area contributed by atoms with Crippen molar-refractivity contribution in [1.82, 2.24) is 4.90 Å². The molecule has 1 aromatic rings. The lowest BCUT2D eigenvalue weighted by molar-refractivity contribution is -0.150. The Hall–Kier alpha value is -1.93. The van der Waals surface area contributed by atoms with Crippen molar-refractivity contribution in [2.75, 3.05) is 20.3 Å². The topological polar surface area (TPSA) is 29.5 Å². The minimum Gasteiger partial charge on any atom is -0.469 e. The van der Waals surface area contributed by atoms with Crippen LogP contribution < -0.4 is 0 Å². The number of fused-ring (bicyclic) bond motifs is 2. The highest BCUT2D eigenvalue weighted by molar-refractivity contribution is 5.75. The fourth-order valence-electron chi connectivity index (χ4n) is 4.26. The molecule has 4 atom stereocenters. The molecule has 5 heteroatoms. The summed E-state index contributed by atoms with van der Waals surface area (Å²) >= 11 is 0. The molecule has 0 saturated carbocycles. The van der Waals surface area contributed by atoms with Gasteiger partial charge in [-0.3, -0.25) is 9.69 Å². The lowest BCUT2D eigenvalue weighted by atomic mass is 9.76. The molecule has 0 amide bonds. The lowest BCUT2D eigenvalue weighted by Crippen LogP contribution is -2.51. The van der Waals surface area contributed by atoms with Gasteiger partial charge >= 0.3 is 5.97 Å². The fourth-order valence-corrected chi connectivity index (χ4v) is 4.26.